The number of carbonyl (C=O) groups is 1. The molecule has 0 spiro atoms. The second-order valence-electron chi connectivity index (χ2n) is 4.50. The molecule has 0 unspecified atom stereocenters. The molecule has 0 fully saturated rings. The maximum atomic E-state index is 12.3. The summed E-state index contributed by atoms with van der Waals surface area (Å²) < 4.78 is 2.60. The molecule has 0 aliphatic heterocycles. The van der Waals surface area contributed by atoms with Gasteiger partial charge in [0.15, 0.2) is 0 Å². The van der Waals surface area contributed by atoms with E-state index in [-0.39, 0.29) is 5.91 Å². The van der Waals surface area contributed by atoms with E-state index in [1.807, 2.05) is 43.3 Å². The summed E-state index contributed by atoms with van der Waals surface area (Å²) in [5.74, 6) is -0.154. The lowest BCUT2D eigenvalue weighted by molar-refractivity contribution is 0.101. The number of hydrogen-bond donors (Lipinski definition) is 1. The van der Waals surface area contributed by atoms with Gasteiger partial charge in [0.25, 0.3) is 5.91 Å². The van der Waals surface area contributed by atoms with E-state index in [2.05, 4.69) is 26.3 Å². The third-order valence-electron chi connectivity index (χ3n) is 3.11. The molecule has 5 heteroatoms. The van der Waals surface area contributed by atoms with Gasteiger partial charge in [-0.1, -0.05) is 28.1 Å². The lowest BCUT2D eigenvalue weighted by Gasteiger charge is -2.09. The zero-order valence-electron chi connectivity index (χ0n) is 10.8. The molecule has 1 heterocycles. The van der Waals surface area contributed by atoms with E-state index in [0.717, 1.165) is 21.1 Å². The second-order valence-corrected chi connectivity index (χ2v) is 5.42. The first-order valence-corrected chi connectivity index (χ1v) is 6.94. The SMILES string of the molecule is Cc1cc(Br)ccc1C(=O)Nn1cnc2ccccc21. The Morgan fingerprint density at radius 3 is 2.85 bits per heavy atom. The Morgan fingerprint density at radius 1 is 1.25 bits per heavy atom. The van der Waals surface area contributed by atoms with Gasteiger partial charge in [-0.3, -0.25) is 10.2 Å². The molecule has 4 nitrogen and oxygen atoms in total. The fraction of sp³-hybridized carbons (Fsp3) is 0.0667. The molecule has 2 aromatic carbocycles. The first-order chi connectivity index (χ1) is 9.65. The molecule has 3 aromatic rings. The Bertz CT molecular complexity index is 795. The molecule has 0 aliphatic rings. The van der Waals surface area contributed by atoms with Gasteiger partial charge in [0, 0.05) is 10.0 Å². The fourth-order valence-corrected chi connectivity index (χ4v) is 2.58. The van der Waals surface area contributed by atoms with Crippen molar-refractivity contribution in [2.45, 2.75) is 6.92 Å². The summed E-state index contributed by atoms with van der Waals surface area (Å²) in [6.07, 6.45) is 1.61. The number of nitrogens with one attached hydrogen (secondary N) is 1. The quantitative estimate of drug-likeness (QED) is 0.782. The van der Waals surface area contributed by atoms with Gasteiger partial charge < -0.3 is 0 Å². The average molecular weight is 330 g/mol. The molecule has 100 valence electrons. The summed E-state index contributed by atoms with van der Waals surface area (Å²) in [7, 11) is 0. The zero-order chi connectivity index (χ0) is 14.1. The van der Waals surface area contributed by atoms with Crippen LogP contribution in [0.15, 0.2) is 53.3 Å². The van der Waals surface area contributed by atoms with E-state index in [1.165, 1.54) is 0 Å². The number of aryl methyl sites for hydroxylation is 1. The van der Waals surface area contributed by atoms with Crippen molar-refractivity contribution in [3.63, 3.8) is 0 Å². The minimum atomic E-state index is -0.154. The van der Waals surface area contributed by atoms with Crippen molar-refractivity contribution in [1.29, 1.82) is 0 Å². The highest BCUT2D eigenvalue weighted by molar-refractivity contribution is 9.10. The van der Waals surface area contributed by atoms with Crippen molar-refractivity contribution in [2.75, 3.05) is 5.43 Å². The summed E-state index contributed by atoms with van der Waals surface area (Å²) >= 11 is 3.39. The molecule has 0 atom stereocenters. The topological polar surface area (TPSA) is 46.9 Å². The summed E-state index contributed by atoms with van der Waals surface area (Å²) in [6, 6.07) is 13.2. The van der Waals surface area contributed by atoms with E-state index in [0.29, 0.717) is 5.56 Å². The normalized spacial score (nSPS) is 10.7. The molecule has 20 heavy (non-hydrogen) atoms. The van der Waals surface area contributed by atoms with Crippen molar-refractivity contribution >= 4 is 32.9 Å². The fourth-order valence-electron chi connectivity index (χ4n) is 2.10. The monoisotopic (exact) mass is 329 g/mol. The number of hydrogen-bond acceptors (Lipinski definition) is 2. The standard InChI is InChI=1S/C15H12BrN3O/c1-10-8-11(16)6-7-12(10)15(20)18-19-9-17-13-4-2-3-5-14(13)19/h2-9H,1H3,(H,18,20). The van der Waals surface area contributed by atoms with Crippen LogP contribution in [-0.4, -0.2) is 15.6 Å². The molecular weight excluding hydrogens is 318 g/mol. The Morgan fingerprint density at radius 2 is 2.05 bits per heavy atom. The Hall–Kier alpha value is -2.14. The molecule has 0 aliphatic carbocycles. The second kappa shape index (κ2) is 5.09. The third kappa shape index (κ3) is 2.32. The highest BCUT2D eigenvalue weighted by atomic mass is 79.9. The Labute approximate surface area is 124 Å². The summed E-state index contributed by atoms with van der Waals surface area (Å²) in [5, 5.41) is 0. The highest BCUT2D eigenvalue weighted by Gasteiger charge is 2.11. The van der Waals surface area contributed by atoms with Crippen LogP contribution in [0.3, 0.4) is 0 Å². The summed E-state index contributed by atoms with van der Waals surface area (Å²) in [4.78, 5) is 16.6. The van der Waals surface area contributed by atoms with Crippen molar-refractivity contribution in [3.8, 4) is 0 Å². The molecule has 1 aromatic heterocycles. The molecule has 0 bridgehead atoms. The number of halogens is 1. The van der Waals surface area contributed by atoms with E-state index in [9.17, 15) is 4.79 Å². The van der Waals surface area contributed by atoms with E-state index in [4.69, 9.17) is 0 Å². The van der Waals surface area contributed by atoms with Crippen LogP contribution in [0, 0.1) is 6.92 Å². The summed E-state index contributed by atoms with van der Waals surface area (Å²) in [6.45, 7) is 1.91. The van der Waals surface area contributed by atoms with Crippen molar-refractivity contribution < 1.29 is 4.79 Å². The molecular formula is C15H12BrN3O. The van der Waals surface area contributed by atoms with Crippen LogP contribution < -0.4 is 5.43 Å². The van der Waals surface area contributed by atoms with Gasteiger partial charge in [0.2, 0.25) is 0 Å². The molecule has 0 saturated carbocycles. The molecule has 1 amide bonds. The number of imidazole rings is 1. The van der Waals surface area contributed by atoms with Crippen molar-refractivity contribution in [1.82, 2.24) is 9.66 Å². The van der Waals surface area contributed by atoms with Crippen LogP contribution in [-0.2, 0) is 0 Å². The minimum Gasteiger partial charge on any atom is -0.267 e. The van der Waals surface area contributed by atoms with Gasteiger partial charge >= 0.3 is 0 Å². The van der Waals surface area contributed by atoms with Crippen molar-refractivity contribution in [3.05, 3.63) is 64.4 Å². The number of nitrogens with zero attached hydrogens (tertiary/aromatic N) is 2. The summed E-state index contributed by atoms with van der Waals surface area (Å²) in [5.41, 5.74) is 6.12. The molecule has 3 rings (SSSR count). The maximum absolute atomic E-state index is 12.3. The van der Waals surface area contributed by atoms with Crippen LogP contribution in [0.2, 0.25) is 0 Å². The van der Waals surface area contributed by atoms with Gasteiger partial charge in [-0.15, -0.1) is 0 Å². The number of benzene rings is 2. The first-order valence-electron chi connectivity index (χ1n) is 6.15. The smallest absolute Gasteiger partial charge is 0.267 e. The van der Waals surface area contributed by atoms with E-state index in [1.54, 1.807) is 17.1 Å². The Balaban J connectivity index is 1.92. The van der Waals surface area contributed by atoms with Gasteiger partial charge in [0.05, 0.1) is 11.0 Å². The van der Waals surface area contributed by atoms with Gasteiger partial charge in [0.1, 0.15) is 6.33 Å². The lowest BCUT2D eigenvalue weighted by atomic mass is 10.1. The van der Waals surface area contributed by atoms with E-state index >= 15 is 0 Å². The third-order valence-corrected chi connectivity index (χ3v) is 3.60. The highest BCUT2D eigenvalue weighted by Crippen LogP contribution is 2.16. The van der Waals surface area contributed by atoms with E-state index < -0.39 is 0 Å². The molecule has 0 saturated heterocycles. The number of para-hydroxylation sites is 2. The number of amides is 1. The van der Waals surface area contributed by atoms with Crippen LogP contribution in [0.5, 0.6) is 0 Å². The lowest BCUT2D eigenvalue weighted by Crippen LogP contribution is -2.22. The number of fused-ring (bicyclic) bond motifs is 1. The maximum Gasteiger partial charge on any atom is 0.270 e. The van der Waals surface area contributed by atoms with Gasteiger partial charge in [-0.25, -0.2) is 9.66 Å². The predicted octanol–water partition coefficient (Wildman–Crippen LogP) is 3.49. The predicted molar refractivity (Wildman–Crippen MR) is 82.3 cm³/mol. The number of carbonyl (C=O) groups excluding carboxylic acids is 1. The zero-order valence-corrected chi connectivity index (χ0v) is 12.4. The van der Waals surface area contributed by atoms with Gasteiger partial charge in [-0.05, 0) is 42.8 Å². The minimum absolute atomic E-state index is 0.154. The molecule has 0 radical (unpaired) electrons. The molecule has 1 N–H and O–H groups in total. The Kier molecular flexibility index (Phi) is 3.28. The first kappa shape index (κ1) is 12.9. The van der Waals surface area contributed by atoms with Crippen LogP contribution in [0.25, 0.3) is 11.0 Å². The van der Waals surface area contributed by atoms with Gasteiger partial charge in [-0.2, -0.15) is 0 Å². The van der Waals surface area contributed by atoms with Crippen LogP contribution >= 0.6 is 15.9 Å². The van der Waals surface area contributed by atoms with Crippen molar-refractivity contribution in [2.24, 2.45) is 0 Å². The average Bonchev–Trinajstić information content (AvgIpc) is 2.82. The van der Waals surface area contributed by atoms with Crippen LogP contribution in [0.1, 0.15) is 15.9 Å². The number of rotatable bonds is 2. The van der Waals surface area contributed by atoms with Crippen LogP contribution in [0.4, 0.5) is 0 Å². The largest absolute Gasteiger partial charge is 0.270 e. The number of aromatic nitrogens is 2.